The van der Waals surface area contributed by atoms with Crippen molar-refractivity contribution >= 4 is 5.91 Å². The fourth-order valence-corrected chi connectivity index (χ4v) is 3.54. The minimum Gasteiger partial charge on any atom is -0.394 e. The molecule has 104 valence electrons. The van der Waals surface area contributed by atoms with Crippen molar-refractivity contribution in [1.82, 2.24) is 4.90 Å². The first-order valence-electron chi connectivity index (χ1n) is 7.62. The summed E-state index contributed by atoms with van der Waals surface area (Å²) >= 11 is 0. The number of aliphatic hydroxyl groups excluding tert-OH is 1. The van der Waals surface area contributed by atoms with E-state index >= 15 is 0 Å². The number of rotatable bonds is 4. The average molecular weight is 253 g/mol. The molecule has 1 heterocycles. The molecule has 0 spiro atoms. The number of nitrogens with zero attached hydrogens (tertiary/aromatic N) is 1. The molecule has 2 unspecified atom stereocenters. The van der Waals surface area contributed by atoms with Crippen LogP contribution in [0.5, 0.6) is 0 Å². The van der Waals surface area contributed by atoms with Gasteiger partial charge >= 0.3 is 0 Å². The summed E-state index contributed by atoms with van der Waals surface area (Å²) < 4.78 is 0. The van der Waals surface area contributed by atoms with E-state index in [4.69, 9.17) is 0 Å². The van der Waals surface area contributed by atoms with Gasteiger partial charge in [-0.15, -0.1) is 0 Å². The van der Waals surface area contributed by atoms with Gasteiger partial charge in [-0.3, -0.25) is 4.79 Å². The Balaban J connectivity index is 1.77. The van der Waals surface area contributed by atoms with Crippen LogP contribution in [-0.4, -0.2) is 35.1 Å². The van der Waals surface area contributed by atoms with Gasteiger partial charge in [0, 0.05) is 13.0 Å². The predicted molar refractivity (Wildman–Crippen MR) is 72.2 cm³/mol. The lowest BCUT2D eigenvalue weighted by atomic mass is 9.86. The smallest absolute Gasteiger partial charge is 0.222 e. The lowest BCUT2D eigenvalue weighted by molar-refractivity contribution is -0.133. The first kappa shape index (κ1) is 13.9. The zero-order valence-electron chi connectivity index (χ0n) is 11.6. The summed E-state index contributed by atoms with van der Waals surface area (Å²) in [7, 11) is 0. The molecule has 2 fully saturated rings. The zero-order chi connectivity index (χ0) is 13.0. The summed E-state index contributed by atoms with van der Waals surface area (Å²) in [6.45, 7) is 3.10. The highest BCUT2D eigenvalue weighted by Gasteiger charge is 2.33. The van der Waals surface area contributed by atoms with E-state index < -0.39 is 0 Å². The number of carbonyl (C=O) groups excluding carboxylic acids is 1. The Morgan fingerprint density at radius 1 is 1.22 bits per heavy atom. The van der Waals surface area contributed by atoms with Gasteiger partial charge in [0.1, 0.15) is 0 Å². The van der Waals surface area contributed by atoms with Crippen LogP contribution in [0.25, 0.3) is 0 Å². The van der Waals surface area contributed by atoms with Crippen LogP contribution in [0.15, 0.2) is 0 Å². The standard InChI is InChI=1S/C15H27NO2/c1-12-9-10-16(14(12)11-17)15(18)8-7-13-5-3-2-4-6-13/h12-14,17H,2-11H2,1H3. The Labute approximate surface area is 111 Å². The molecule has 0 aromatic carbocycles. The van der Waals surface area contributed by atoms with Crippen LogP contribution in [-0.2, 0) is 4.79 Å². The maximum atomic E-state index is 12.2. The van der Waals surface area contributed by atoms with Crippen molar-refractivity contribution in [2.45, 2.75) is 64.3 Å². The van der Waals surface area contributed by atoms with Gasteiger partial charge in [0.15, 0.2) is 0 Å². The largest absolute Gasteiger partial charge is 0.394 e. The fraction of sp³-hybridized carbons (Fsp3) is 0.933. The lowest BCUT2D eigenvalue weighted by Gasteiger charge is -2.27. The Hall–Kier alpha value is -0.570. The van der Waals surface area contributed by atoms with E-state index in [1.165, 1.54) is 32.1 Å². The first-order valence-corrected chi connectivity index (χ1v) is 7.62. The van der Waals surface area contributed by atoms with Crippen molar-refractivity contribution in [1.29, 1.82) is 0 Å². The molecule has 2 atom stereocenters. The molecule has 3 nitrogen and oxygen atoms in total. The molecule has 1 amide bonds. The molecule has 0 bridgehead atoms. The Morgan fingerprint density at radius 2 is 1.94 bits per heavy atom. The van der Waals surface area contributed by atoms with Gasteiger partial charge < -0.3 is 10.0 Å². The van der Waals surface area contributed by atoms with Crippen molar-refractivity contribution < 1.29 is 9.90 Å². The van der Waals surface area contributed by atoms with E-state index in [-0.39, 0.29) is 18.6 Å². The summed E-state index contributed by atoms with van der Waals surface area (Å²) in [5.41, 5.74) is 0. The third-order valence-electron chi connectivity index (χ3n) is 4.88. The van der Waals surface area contributed by atoms with Crippen molar-refractivity contribution in [3.05, 3.63) is 0 Å². The topological polar surface area (TPSA) is 40.5 Å². The summed E-state index contributed by atoms with van der Waals surface area (Å²) in [5, 5.41) is 9.38. The highest BCUT2D eigenvalue weighted by molar-refractivity contribution is 5.76. The summed E-state index contributed by atoms with van der Waals surface area (Å²) in [6.07, 6.45) is 9.48. The Bertz CT molecular complexity index is 274. The summed E-state index contributed by atoms with van der Waals surface area (Å²) in [5.74, 6) is 1.49. The van der Waals surface area contributed by atoms with Crippen molar-refractivity contribution in [3.8, 4) is 0 Å². The van der Waals surface area contributed by atoms with Gasteiger partial charge in [-0.25, -0.2) is 0 Å². The van der Waals surface area contributed by atoms with E-state index in [9.17, 15) is 9.90 Å². The Morgan fingerprint density at radius 3 is 2.61 bits per heavy atom. The van der Waals surface area contributed by atoms with Crippen LogP contribution in [0.2, 0.25) is 0 Å². The molecule has 3 heteroatoms. The van der Waals surface area contributed by atoms with Crippen molar-refractivity contribution in [3.63, 3.8) is 0 Å². The van der Waals surface area contributed by atoms with Crippen LogP contribution in [0.4, 0.5) is 0 Å². The molecule has 2 rings (SSSR count). The van der Waals surface area contributed by atoms with Crippen LogP contribution < -0.4 is 0 Å². The minimum atomic E-state index is 0.0730. The highest BCUT2D eigenvalue weighted by Crippen LogP contribution is 2.29. The number of aliphatic hydroxyl groups is 1. The minimum absolute atomic E-state index is 0.0730. The third kappa shape index (κ3) is 3.25. The molecule has 18 heavy (non-hydrogen) atoms. The van der Waals surface area contributed by atoms with E-state index in [2.05, 4.69) is 6.92 Å². The van der Waals surface area contributed by atoms with E-state index in [1.54, 1.807) is 0 Å². The van der Waals surface area contributed by atoms with Crippen LogP contribution in [0, 0.1) is 11.8 Å². The van der Waals surface area contributed by atoms with Crippen molar-refractivity contribution in [2.24, 2.45) is 11.8 Å². The van der Waals surface area contributed by atoms with Gasteiger partial charge in [0.25, 0.3) is 0 Å². The molecule has 1 aliphatic heterocycles. The SMILES string of the molecule is CC1CCN(C(=O)CCC2CCCCC2)C1CO. The normalized spacial score (nSPS) is 29.8. The second kappa shape index (κ2) is 6.55. The molecule has 1 N–H and O–H groups in total. The van der Waals surface area contributed by atoms with Gasteiger partial charge in [0.2, 0.25) is 5.91 Å². The fourth-order valence-electron chi connectivity index (χ4n) is 3.54. The molecule has 1 saturated carbocycles. The first-order chi connectivity index (χ1) is 8.72. The lowest BCUT2D eigenvalue weighted by Crippen LogP contribution is -2.39. The van der Waals surface area contributed by atoms with Crippen molar-refractivity contribution in [2.75, 3.05) is 13.2 Å². The third-order valence-corrected chi connectivity index (χ3v) is 4.88. The summed E-state index contributed by atoms with van der Waals surface area (Å²) in [6, 6.07) is 0.0730. The molecule has 1 aliphatic carbocycles. The molecule has 1 saturated heterocycles. The van der Waals surface area contributed by atoms with Crippen LogP contribution in [0.3, 0.4) is 0 Å². The van der Waals surface area contributed by atoms with E-state index in [0.29, 0.717) is 12.3 Å². The van der Waals surface area contributed by atoms with Gasteiger partial charge in [0.05, 0.1) is 12.6 Å². The summed E-state index contributed by atoms with van der Waals surface area (Å²) in [4.78, 5) is 14.1. The molecule has 0 aromatic heterocycles. The van der Waals surface area contributed by atoms with Gasteiger partial charge in [-0.2, -0.15) is 0 Å². The molecule has 0 aromatic rings. The second-order valence-corrected chi connectivity index (χ2v) is 6.15. The average Bonchev–Trinajstić information content (AvgIpc) is 2.78. The maximum Gasteiger partial charge on any atom is 0.222 e. The Kier molecular flexibility index (Phi) is 5.04. The predicted octanol–water partition coefficient (Wildman–Crippen LogP) is 2.58. The van der Waals surface area contributed by atoms with Crippen LogP contribution in [0.1, 0.15) is 58.3 Å². The molecule has 2 aliphatic rings. The number of hydrogen-bond donors (Lipinski definition) is 1. The zero-order valence-corrected chi connectivity index (χ0v) is 11.6. The van der Waals surface area contributed by atoms with Crippen LogP contribution >= 0.6 is 0 Å². The van der Waals surface area contributed by atoms with E-state index in [0.717, 1.165) is 25.3 Å². The number of amides is 1. The molecular weight excluding hydrogens is 226 g/mol. The number of carbonyl (C=O) groups is 1. The maximum absolute atomic E-state index is 12.2. The van der Waals surface area contributed by atoms with Gasteiger partial charge in [-0.1, -0.05) is 39.0 Å². The second-order valence-electron chi connectivity index (χ2n) is 6.15. The number of hydrogen-bond acceptors (Lipinski definition) is 2. The highest BCUT2D eigenvalue weighted by atomic mass is 16.3. The number of likely N-dealkylation sites (tertiary alicyclic amines) is 1. The van der Waals surface area contributed by atoms with E-state index in [1.807, 2.05) is 4.90 Å². The molecular formula is C15H27NO2. The quantitative estimate of drug-likeness (QED) is 0.836. The molecule has 0 radical (unpaired) electrons. The monoisotopic (exact) mass is 253 g/mol. The van der Waals surface area contributed by atoms with Gasteiger partial charge in [-0.05, 0) is 24.7 Å².